The third-order valence-corrected chi connectivity index (χ3v) is 5.39. The molecule has 0 radical (unpaired) electrons. The van der Waals surface area contributed by atoms with Gasteiger partial charge in [-0.05, 0) is 50.0 Å². The van der Waals surface area contributed by atoms with Crippen LogP contribution < -0.4 is 10.1 Å². The van der Waals surface area contributed by atoms with Crippen molar-refractivity contribution >= 4 is 34.0 Å². The van der Waals surface area contributed by atoms with E-state index in [0.29, 0.717) is 29.2 Å². The number of nitrogens with one attached hydrogen (secondary N) is 1. The second-order valence-electron chi connectivity index (χ2n) is 7.88. The van der Waals surface area contributed by atoms with Crippen LogP contribution in [-0.2, 0) is 9.59 Å². The molecule has 0 spiro atoms. The molecule has 168 valence electrons. The van der Waals surface area contributed by atoms with Crippen molar-refractivity contribution in [3.8, 4) is 5.88 Å². The van der Waals surface area contributed by atoms with Gasteiger partial charge in [-0.25, -0.2) is 14.4 Å². The fraction of sp³-hybridized carbons (Fsp3) is 0.360. The van der Waals surface area contributed by atoms with Crippen LogP contribution in [-0.4, -0.2) is 34.9 Å². The summed E-state index contributed by atoms with van der Waals surface area (Å²) in [5, 5.41) is 3.39. The predicted octanol–water partition coefficient (Wildman–Crippen LogP) is 5.21. The minimum Gasteiger partial charge on any atom is -0.481 e. The number of rotatable bonds is 9. The van der Waals surface area contributed by atoms with Gasteiger partial charge in [-0.1, -0.05) is 19.6 Å². The second kappa shape index (κ2) is 9.85. The maximum atomic E-state index is 13.1. The molecule has 0 aromatic carbocycles. The molecular weight excluding hydrogens is 409 g/mol. The Morgan fingerprint density at radius 3 is 2.69 bits per heavy atom. The summed E-state index contributed by atoms with van der Waals surface area (Å²) in [6.45, 7) is 9.68. The molecule has 2 aromatic heterocycles. The molecule has 1 saturated carbocycles. The number of hydrogen-bond acceptors (Lipinski definition) is 5. The Hall–Kier alpha value is -3.35. The standard InChI is InChI=1S/C25H28FN3O3/c1-6-8-22(30)15(4)9-14(3)17(7-2)18-10-16-13-27-23(12-21(16)28-25(18)32-5)29-24(31)19-11-20(19)26/h7,9-10,12-13,19-20H,4,6,8,11H2,1-3,5H3,(H,27,29,31)/b14-9-,17-7+. The summed E-state index contributed by atoms with van der Waals surface area (Å²) in [5.41, 5.74) is 3.53. The van der Waals surface area contributed by atoms with Gasteiger partial charge in [-0.3, -0.25) is 9.59 Å². The molecule has 0 saturated heterocycles. The molecule has 1 N–H and O–H groups in total. The molecule has 2 heterocycles. The Balaban J connectivity index is 1.93. The van der Waals surface area contributed by atoms with Crippen LogP contribution in [0.1, 0.15) is 45.6 Å². The first-order valence-electron chi connectivity index (χ1n) is 10.7. The third kappa shape index (κ3) is 5.10. The quantitative estimate of drug-likeness (QED) is 0.430. The highest BCUT2D eigenvalue weighted by molar-refractivity contribution is 5.99. The zero-order valence-corrected chi connectivity index (χ0v) is 18.9. The van der Waals surface area contributed by atoms with E-state index in [1.165, 1.54) is 7.11 Å². The van der Waals surface area contributed by atoms with Crippen molar-refractivity contribution in [1.82, 2.24) is 9.97 Å². The van der Waals surface area contributed by atoms with E-state index in [9.17, 15) is 14.0 Å². The number of hydrogen-bond donors (Lipinski definition) is 1. The van der Waals surface area contributed by atoms with Gasteiger partial charge in [0.25, 0.3) is 0 Å². The van der Waals surface area contributed by atoms with Crippen LogP contribution in [0.2, 0.25) is 0 Å². The molecule has 7 heteroatoms. The van der Waals surface area contributed by atoms with E-state index in [4.69, 9.17) is 4.74 Å². The maximum absolute atomic E-state index is 13.1. The van der Waals surface area contributed by atoms with E-state index in [0.717, 1.165) is 28.5 Å². The van der Waals surface area contributed by atoms with Crippen LogP contribution in [0.5, 0.6) is 5.88 Å². The van der Waals surface area contributed by atoms with Crippen molar-refractivity contribution in [3.63, 3.8) is 0 Å². The highest BCUT2D eigenvalue weighted by Gasteiger charge is 2.43. The first kappa shape index (κ1) is 23.3. The normalized spacial score (nSPS) is 18.4. The molecule has 3 rings (SSSR count). The largest absolute Gasteiger partial charge is 0.481 e. The van der Waals surface area contributed by atoms with Gasteiger partial charge in [-0.2, -0.15) is 0 Å². The molecule has 2 aromatic rings. The number of methoxy groups -OCH3 is 1. The van der Waals surface area contributed by atoms with Crippen LogP contribution in [0.15, 0.2) is 48.2 Å². The number of aromatic nitrogens is 2. The molecule has 32 heavy (non-hydrogen) atoms. The fourth-order valence-electron chi connectivity index (χ4n) is 3.52. The smallest absolute Gasteiger partial charge is 0.231 e. The summed E-state index contributed by atoms with van der Waals surface area (Å²) >= 11 is 0. The summed E-state index contributed by atoms with van der Waals surface area (Å²) in [4.78, 5) is 33.0. The number of allylic oxidation sites excluding steroid dienone is 5. The lowest BCUT2D eigenvalue weighted by molar-refractivity contribution is -0.117. The lowest BCUT2D eigenvalue weighted by Crippen LogP contribution is -2.15. The summed E-state index contributed by atoms with van der Waals surface area (Å²) in [6, 6.07) is 3.54. The summed E-state index contributed by atoms with van der Waals surface area (Å²) < 4.78 is 18.7. The van der Waals surface area contributed by atoms with Crippen molar-refractivity contribution in [1.29, 1.82) is 0 Å². The number of anilines is 1. The minimum atomic E-state index is -1.07. The van der Waals surface area contributed by atoms with Crippen molar-refractivity contribution in [2.45, 2.75) is 46.2 Å². The van der Waals surface area contributed by atoms with Crippen molar-refractivity contribution in [3.05, 3.63) is 53.8 Å². The third-order valence-electron chi connectivity index (χ3n) is 5.39. The average molecular weight is 438 g/mol. The molecule has 1 aliphatic rings. The van der Waals surface area contributed by atoms with Crippen molar-refractivity contribution in [2.24, 2.45) is 5.92 Å². The van der Waals surface area contributed by atoms with E-state index in [-0.39, 0.29) is 18.1 Å². The van der Waals surface area contributed by atoms with Gasteiger partial charge in [0.05, 0.1) is 18.5 Å². The van der Waals surface area contributed by atoms with Crippen LogP contribution in [0.25, 0.3) is 16.5 Å². The van der Waals surface area contributed by atoms with Gasteiger partial charge < -0.3 is 10.1 Å². The minimum absolute atomic E-state index is 0.0231. The molecule has 0 bridgehead atoms. The number of fused-ring (bicyclic) bond motifs is 1. The monoisotopic (exact) mass is 437 g/mol. The molecule has 1 fully saturated rings. The summed E-state index contributed by atoms with van der Waals surface area (Å²) in [6.07, 6.45) is 5.74. The van der Waals surface area contributed by atoms with Gasteiger partial charge in [0.2, 0.25) is 11.8 Å². The lowest BCUT2D eigenvalue weighted by Gasteiger charge is -2.14. The molecule has 1 aliphatic carbocycles. The number of ether oxygens (including phenoxy) is 1. The van der Waals surface area contributed by atoms with Gasteiger partial charge in [0.1, 0.15) is 12.0 Å². The SMILES string of the molecule is C=C(/C=C(C)\C(=C/C)c1cc2cnc(NC(=O)C3CC3F)cc2nc1OC)C(=O)CCC. The maximum Gasteiger partial charge on any atom is 0.231 e. The molecule has 6 nitrogen and oxygen atoms in total. The summed E-state index contributed by atoms with van der Waals surface area (Å²) in [5.74, 6) is -0.226. The fourth-order valence-corrected chi connectivity index (χ4v) is 3.52. The average Bonchev–Trinajstić information content (AvgIpc) is 3.50. The Bertz CT molecular complexity index is 1140. The van der Waals surface area contributed by atoms with Crippen molar-refractivity contribution in [2.75, 3.05) is 12.4 Å². The van der Waals surface area contributed by atoms with Crippen molar-refractivity contribution < 1.29 is 18.7 Å². The Morgan fingerprint density at radius 2 is 2.09 bits per heavy atom. The van der Waals surface area contributed by atoms with Gasteiger partial charge >= 0.3 is 0 Å². The van der Waals surface area contributed by atoms with E-state index in [1.807, 2.05) is 32.9 Å². The number of carbonyl (C=O) groups excluding carboxylic acids is 2. The van der Waals surface area contributed by atoms with Crippen LogP contribution in [0.4, 0.5) is 10.2 Å². The number of Topliss-reactive ketones (excluding diaryl/α,β-unsaturated/α-hetero) is 1. The zero-order valence-electron chi connectivity index (χ0n) is 18.9. The van der Waals surface area contributed by atoms with E-state index < -0.39 is 12.1 Å². The Morgan fingerprint density at radius 1 is 1.38 bits per heavy atom. The lowest BCUT2D eigenvalue weighted by atomic mass is 9.95. The number of amides is 1. The summed E-state index contributed by atoms with van der Waals surface area (Å²) in [7, 11) is 1.53. The predicted molar refractivity (Wildman–Crippen MR) is 124 cm³/mol. The molecule has 2 unspecified atom stereocenters. The van der Waals surface area contributed by atoms with Crippen LogP contribution in [0, 0.1) is 5.92 Å². The van der Waals surface area contributed by atoms with Crippen LogP contribution >= 0.6 is 0 Å². The Labute approximate surface area is 187 Å². The van der Waals surface area contributed by atoms with E-state index in [1.54, 1.807) is 18.3 Å². The number of nitrogens with zero attached hydrogens (tertiary/aromatic N) is 2. The molecular formula is C25H28FN3O3. The van der Waals surface area contributed by atoms with Gasteiger partial charge in [-0.15, -0.1) is 0 Å². The number of pyridine rings is 2. The molecule has 1 amide bonds. The number of halogens is 1. The Kier molecular flexibility index (Phi) is 7.18. The zero-order chi connectivity index (χ0) is 23.4. The number of carbonyl (C=O) groups is 2. The molecule has 0 aliphatic heterocycles. The van der Waals surface area contributed by atoms with Gasteiger partial charge in [0.15, 0.2) is 5.78 Å². The van der Waals surface area contributed by atoms with Crippen LogP contribution in [0.3, 0.4) is 0 Å². The van der Waals surface area contributed by atoms with E-state index in [2.05, 4.69) is 21.9 Å². The first-order valence-corrected chi connectivity index (χ1v) is 10.7. The van der Waals surface area contributed by atoms with E-state index >= 15 is 0 Å². The highest BCUT2D eigenvalue weighted by Crippen LogP contribution is 2.35. The topological polar surface area (TPSA) is 81.2 Å². The number of alkyl halides is 1. The first-order chi connectivity index (χ1) is 15.3. The molecule has 2 atom stereocenters. The number of ketones is 1. The second-order valence-corrected chi connectivity index (χ2v) is 7.88. The highest BCUT2D eigenvalue weighted by atomic mass is 19.1. The van der Waals surface area contributed by atoms with Gasteiger partial charge in [0, 0.05) is 35.2 Å².